The van der Waals surface area contributed by atoms with E-state index in [0.717, 1.165) is 5.56 Å². The smallest absolute Gasteiger partial charge is 0.262 e. The molecule has 0 fully saturated rings. The highest BCUT2D eigenvalue weighted by molar-refractivity contribution is 5.94. The molecule has 0 saturated carbocycles. The Morgan fingerprint density at radius 2 is 1.56 bits per heavy atom. The van der Waals surface area contributed by atoms with Gasteiger partial charge in [0.15, 0.2) is 35.5 Å². The summed E-state index contributed by atoms with van der Waals surface area (Å²) in [6, 6.07) is 11.1. The lowest BCUT2D eigenvalue weighted by molar-refractivity contribution is -0.118. The van der Waals surface area contributed by atoms with Crippen LogP contribution in [0.25, 0.3) is 22.6 Å². The van der Waals surface area contributed by atoms with Crippen molar-refractivity contribution in [1.29, 1.82) is 0 Å². The SMILES string of the molecule is Cc1ccc(OCC(=O)Nc2ccc3oc(-c4c(F)c(F)c(F)c(F)c4F)nc3c2)cc1. The van der Waals surface area contributed by atoms with Crippen LogP contribution in [0.1, 0.15) is 5.56 Å². The number of rotatable bonds is 5. The topological polar surface area (TPSA) is 64.4 Å². The molecular formula is C22H13F5N2O3. The van der Waals surface area contributed by atoms with Gasteiger partial charge in [0, 0.05) is 5.69 Å². The molecule has 0 radical (unpaired) electrons. The predicted molar refractivity (Wildman–Crippen MR) is 105 cm³/mol. The molecule has 1 amide bonds. The van der Waals surface area contributed by atoms with Crippen LogP contribution in [0.4, 0.5) is 27.6 Å². The van der Waals surface area contributed by atoms with Crippen molar-refractivity contribution in [3.63, 3.8) is 0 Å². The number of amides is 1. The van der Waals surface area contributed by atoms with E-state index in [1.54, 1.807) is 12.1 Å². The van der Waals surface area contributed by atoms with Crippen molar-refractivity contribution < 1.29 is 35.9 Å². The van der Waals surface area contributed by atoms with Gasteiger partial charge in [-0.2, -0.15) is 0 Å². The van der Waals surface area contributed by atoms with Crippen molar-refractivity contribution in [2.45, 2.75) is 6.92 Å². The Morgan fingerprint density at radius 3 is 2.22 bits per heavy atom. The van der Waals surface area contributed by atoms with E-state index in [1.165, 1.54) is 18.2 Å². The van der Waals surface area contributed by atoms with Crippen molar-refractivity contribution in [2.75, 3.05) is 11.9 Å². The number of hydrogen-bond acceptors (Lipinski definition) is 4. The number of nitrogens with one attached hydrogen (secondary N) is 1. The molecule has 1 heterocycles. The van der Waals surface area contributed by atoms with Crippen LogP contribution in [0.2, 0.25) is 0 Å². The number of anilines is 1. The molecule has 4 aromatic rings. The third kappa shape index (κ3) is 3.98. The first kappa shape index (κ1) is 21.3. The number of carbonyl (C=O) groups excluding carboxylic acids is 1. The number of halogens is 5. The number of ether oxygens (including phenoxy) is 1. The maximum absolute atomic E-state index is 14.0. The van der Waals surface area contributed by atoms with Crippen LogP contribution in [0.5, 0.6) is 5.75 Å². The van der Waals surface area contributed by atoms with Gasteiger partial charge in [0.25, 0.3) is 5.91 Å². The standard InChI is InChI=1S/C22H13F5N2O3/c1-10-2-5-12(6-3-10)31-9-15(30)28-11-4-7-14-13(8-11)29-22(32-14)16-17(23)19(25)21(27)20(26)18(16)24/h2-8H,9H2,1H3,(H,28,30). The van der Waals surface area contributed by atoms with Gasteiger partial charge in [-0.05, 0) is 37.3 Å². The van der Waals surface area contributed by atoms with Crippen LogP contribution >= 0.6 is 0 Å². The molecule has 164 valence electrons. The fraction of sp³-hybridized carbons (Fsp3) is 0.0909. The van der Waals surface area contributed by atoms with Crippen LogP contribution in [-0.4, -0.2) is 17.5 Å². The van der Waals surface area contributed by atoms with Gasteiger partial charge in [-0.15, -0.1) is 0 Å². The molecule has 0 aliphatic carbocycles. The molecule has 1 aromatic heterocycles. The molecule has 0 aliphatic heterocycles. The minimum atomic E-state index is -2.28. The third-order valence-electron chi connectivity index (χ3n) is 4.49. The molecule has 5 nitrogen and oxygen atoms in total. The summed E-state index contributed by atoms with van der Waals surface area (Å²) in [6.45, 7) is 1.63. The number of hydrogen-bond donors (Lipinski definition) is 1. The molecule has 4 rings (SSSR count). The molecular weight excluding hydrogens is 435 g/mol. The minimum absolute atomic E-state index is 0.0119. The zero-order valence-corrected chi connectivity index (χ0v) is 16.3. The zero-order valence-electron chi connectivity index (χ0n) is 16.3. The second kappa shape index (κ2) is 8.29. The normalized spacial score (nSPS) is 11.1. The number of carbonyl (C=O) groups is 1. The Balaban J connectivity index is 1.55. The van der Waals surface area contributed by atoms with Gasteiger partial charge >= 0.3 is 0 Å². The molecule has 0 spiro atoms. The average molecular weight is 448 g/mol. The fourth-order valence-corrected chi connectivity index (χ4v) is 2.89. The van der Waals surface area contributed by atoms with Crippen LogP contribution in [0.3, 0.4) is 0 Å². The number of aryl methyl sites for hydroxylation is 1. The fourth-order valence-electron chi connectivity index (χ4n) is 2.89. The summed E-state index contributed by atoms with van der Waals surface area (Å²) in [5, 5.41) is 2.55. The number of nitrogens with zero attached hydrogens (tertiary/aromatic N) is 1. The highest BCUT2D eigenvalue weighted by atomic mass is 19.2. The lowest BCUT2D eigenvalue weighted by atomic mass is 10.1. The summed E-state index contributed by atoms with van der Waals surface area (Å²) in [7, 11) is 0. The number of aromatic nitrogens is 1. The van der Waals surface area contributed by atoms with E-state index in [-0.39, 0.29) is 23.4 Å². The van der Waals surface area contributed by atoms with Crippen LogP contribution in [0, 0.1) is 36.0 Å². The maximum atomic E-state index is 14.0. The highest BCUT2D eigenvalue weighted by Gasteiger charge is 2.29. The zero-order chi connectivity index (χ0) is 23.0. The first-order valence-corrected chi connectivity index (χ1v) is 9.16. The van der Waals surface area contributed by atoms with Crippen molar-refractivity contribution in [1.82, 2.24) is 4.98 Å². The summed E-state index contributed by atoms with van der Waals surface area (Å²) in [5.41, 5.74) is 0.0500. The average Bonchev–Trinajstić information content (AvgIpc) is 3.19. The van der Waals surface area contributed by atoms with E-state index in [0.29, 0.717) is 5.75 Å². The van der Waals surface area contributed by atoms with Gasteiger partial charge in [-0.3, -0.25) is 4.79 Å². The van der Waals surface area contributed by atoms with E-state index in [1.807, 2.05) is 19.1 Å². The van der Waals surface area contributed by atoms with Gasteiger partial charge in [0.05, 0.1) is 0 Å². The Kier molecular flexibility index (Phi) is 5.52. The monoisotopic (exact) mass is 448 g/mol. The molecule has 0 unspecified atom stereocenters. The maximum Gasteiger partial charge on any atom is 0.262 e. The Bertz CT molecular complexity index is 1310. The van der Waals surface area contributed by atoms with Crippen molar-refractivity contribution in [2.24, 2.45) is 0 Å². The molecule has 1 N–H and O–H groups in total. The van der Waals surface area contributed by atoms with E-state index >= 15 is 0 Å². The van der Waals surface area contributed by atoms with Crippen molar-refractivity contribution in [3.05, 3.63) is 77.1 Å². The van der Waals surface area contributed by atoms with Gasteiger partial charge in [0.1, 0.15) is 16.8 Å². The lowest BCUT2D eigenvalue weighted by Gasteiger charge is -2.07. The van der Waals surface area contributed by atoms with Crippen molar-refractivity contribution in [3.8, 4) is 17.2 Å². The first-order valence-electron chi connectivity index (χ1n) is 9.16. The van der Waals surface area contributed by atoms with E-state index in [4.69, 9.17) is 9.15 Å². The Labute approximate surface area is 177 Å². The van der Waals surface area contributed by atoms with Crippen LogP contribution in [-0.2, 0) is 4.79 Å². The van der Waals surface area contributed by atoms with Gasteiger partial charge in [-0.25, -0.2) is 26.9 Å². The van der Waals surface area contributed by atoms with Gasteiger partial charge in [-0.1, -0.05) is 17.7 Å². The quantitative estimate of drug-likeness (QED) is 0.248. The summed E-state index contributed by atoms with van der Waals surface area (Å²) in [4.78, 5) is 15.9. The van der Waals surface area contributed by atoms with E-state index in [2.05, 4.69) is 10.3 Å². The van der Waals surface area contributed by atoms with E-state index < -0.39 is 46.4 Å². The highest BCUT2D eigenvalue weighted by Crippen LogP contribution is 2.33. The number of oxazole rings is 1. The molecule has 10 heteroatoms. The third-order valence-corrected chi connectivity index (χ3v) is 4.49. The Morgan fingerprint density at radius 1 is 0.938 bits per heavy atom. The first-order chi connectivity index (χ1) is 15.2. The molecule has 0 bridgehead atoms. The largest absolute Gasteiger partial charge is 0.484 e. The second-order valence-electron chi connectivity index (χ2n) is 6.80. The lowest BCUT2D eigenvalue weighted by Crippen LogP contribution is -2.20. The summed E-state index contributed by atoms with van der Waals surface area (Å²) < 4.78 is 78.8. The second-order valence-corrected chi connectivity index (χ2v) is 6.80. The molecule has 32 heavy (non-hydrogen) atoms. The van der Waals surface area contributed by atoms with Gasteiger partial charge < -0.3 is 14.5 Å². The van der Waals surface area contributed by atoms with Crippen LogP contribution < -0.4 is 10.1 Å². The van der Waals surface area contributed by atoms with E-state index in [9.17, 15) is 26.7 Å². The molecule has 3 aromatic carbocycles. The predicted octanol–water partition coefficient (Wildman–Crippen LogP) is 5.52. The molecule has 0 aliphatic rings. The summed E-state index contributed by atoms with van der Waals surface area (Å²) >= 11 is 0. The van der Waals surface area contributed by atoms with Crippen LogP contribution in [0.15, 0.2) is 46.9 Å². The minimum Gasteiger partial charge on any atom is -0.484 e. The Hall–Kier alpha value is -3.95. The molecule has 0 atom stereocenters. The summed E-state index contributed by atoms with van der Waals surface area (Å²) in [5.74, 6) is -11.4. The molecule has 0 saturated heterocycles. The number of benzene rings is 3. The number of fused-ring (bicyclic) bond motifs is 1. The van der Waals surface area contributed by atoms with Gasteiger partial charge in [0.2, 0.25) is 11.7 Å². The van der Waals surface area contributed by atoms with Crippen molar-refractivity contribution >= 4 is 22.7 Å². The summed E-state index contributed by atoms with van der Waals surface area (Å²) in [6.07, 6.45) is 0.